The summed E-state index contributed by atoms with van der Waals surface area (Å²) in [5.74, 6) is 1.28. The van der Waals surface area contributed by atoms with Crippen molar-refractivity contribution in [3.05, 3.63) is 58.6 Å². The third-order valence-corrected chi connectivity index (χ3v) is 6.52. The van der Waals surface area contributed by atoms with Gasteiger partial charge < -0.3 is 9.64 Å². The zero-order chi connectivity index (χ0) is 19.7. The van der Waals surface area contributed by atoms with Gasteiger partial charge in [0, 0.05) is 19.0 Å². The normalized spacial score (nSPS) is 16.3. The van der Waals surface area contributed by atoms with Gasteiger partial charge in [-0.1, -0.05) is 18.2 Å². The summed E-state index contributed by atoms with van der Waals surface area (Å²) < 4.78 is 7.18. The summed E-state index contributed by atoms with van der Waals surface area (Å²) in [6, 6.07) is 14.4. The number of thiazole rings is 1. The van der Waals surface area contributed by atoms with Crippen molar-refractivity contribution < 1.29 is 9.53 Å². The Labute approximate surface area is 170 Å². The number of carbonyl (C=O) groups is 1. The van der Waals surface area contributed by atoms with Crippen LogP contribution in [0.15, 0.2) is 42.5 Å². The number of ether oxygens (including phenoxy) is 1. The van der Waals surface area contributed by atoms with Crippen molar-refractivity contribution >= 4 is 27.5 Å². The van der Waals surface area contributed by atoms with Gasteiger partial charge in [-0.25, -0.2) is 4.98 Å². The summed E-state index contributed by atoms with van der Waals surface area (Å²) in [5, 5.41) is 1.20. The largest absolute Gasteiger partial charge is 0.481 e. The predicted octanol–water partition coefficient (Wildman–Crippen LogP) is 5.09. The second-order valence-electron chi connectivity index (χ2n) is 7.70. The van der Waals surface area contributed by atoms with E-state index in [1.807, 2.05) is 43.9 Å². The minimum Gasteiger partial charge on any atom is -0.481 e. The maximum Gasteiger partial charge on any atom is 0.263 e. The number of amides is 1. The number of benzene rings is 2. The molecule has 4 rings (SSSR count). The molecule has 5 heteroatoms. The van der Waals surface area contributed by atoms with Gasteiger partial charge in [0.2, 0.25) is 0 Å². The first-order valence-electron chi connectivity index (χ1n) is 9.89. The van der Waals surface area contributed by atoms with E-state index >= 15 is 0 Å². The van der Waals surface area contributed by atoms with Gasteiger partial charge in [0.1, 0.15) is 5.75 Å². The van der Waals surface area contributed by atoms with Gasteiger partial charge in [0.25, 0.3) is 5.91 Å². The fourth-order valence-corrected chi connectivity index (χ4v) is 5.06. The van der Waals surface area contributed by atoms with Gasteiger partial charge in [0.15, 0.2) is 6.10 Å². The van der Waals surface area contributed by atoms with Crippen LogP contribution in [0.25, 0.3) is 10.2 Å². The SMILES string of the molecule is Cc1cc(C)cc(O[C@@H](C)C(=O)N2CCC(c3nc4ccccc4s3)CC2)c1. The van der Waals surface area contributed by atoms with Gasteiger partial charge in [-0.05, 0) is 69.0 Å². The first-order chi connectivity index (χ1) is 13.5. The number of para-hydroxylation sites is 1. The Balaban J connectivity index is 1.36. The highest BCUT2D eigenvalue weighted by molar-refractivity contribution is 7.18. The van der Waals surface area contributed by atoms with E-state index in [4.69, 9.17) is 9.72 Å². The molecule has 1 saturated heterocycles. The number of fused-ring (bicyclic) bond motifs is 1. The maximum atomic E-state index is 12.8. The molecule has 146 valence electrons. The Kier molecular flexibility index (Phi) is 5.36. The Morgan fingerprint density at radius 2 is 1.82 bits per heavy atom. The number of hydrogen-bond donors (Lipinski definition) is 0. The lowest BCUT2D eigenvalue weighted by molar-refractivity contribution is -0.139. The van der Waals surface area contributed by atoms with E-state index in [0.717, 1.165) is 48.3 Å². The van der Waals surface area contributed by atoms with Crippen LogP contribution >= 0.6 is 11.3 Å². The van der Waals surface area contributed by atoms with Crippen LogP contribution in [0.3, 0.4) is 0 Å². The first-order valence-corrected chi connectivity index (χ1v) is 10.7. The number of nitrogens with zero attached hydrogens (tertiary/aromatic N) is 2. The van der Waals surface area contributed by atoms with Crippen LogP contribution in [-0.2, 0) is 4.79 Å². The molecule has 1 atom stereocenters. The summed E-state index contributed by atoms with van der Waals surface area (Å²) in [4.78, 5) is 19.6. The van der Waals surface area contributed by atoms with Crippen LogP contribution < -0.4 is 4.74 Å². The van der Waals surface area contributed by atoms with E-state index in [0.29, 0.717) is 5.92 Å². The van der Waals surface area contributed by atoms with Crippen LogP contribution in [-0.4, -0.2) is 35.0 Å². The van der Waals surface area contributed by atoms with Crippen molar-refractivity contribution in [1.82, 2.24) is 9.88 Å². The van der Waals surface area contributed by atoms with E-state index in [1.54, 1.807) is 11.3 Å². The number of piperidine rings is 1. The van der Waals surface area contributed by atoms with E-state index < -0.39 is 6.10 Å². The molecule has 2 heterocycles. The molecule has 3 aromatic rings. The molecule has 1 aromatic heterocycles. The maximum absolute atomic E-state index is 12.8. The van der Waals surface area contributed by atoms with Gasteiger partial charge in [-0.15, -0.1) is 11.3 Å². The van der Waals surface area contributed by atoms with Crippen molar-refractivity contribution in [2.24, 2.45) is 0 Å². The Bertz CT molecular complexity index is 936. The highest BCUT2D eigenvalue weighted by atomic mass is 32.1. The topological polar surface area (TPSA) is 42.4 Å². The van der Waals surface area contributed by atoms with E-state index in [1.165, 1.54) is 9.71 Å². The molecule has 2 aromatic carbocycles. The fraction of sp³-hybridized carbons (Fsp3) is 0.391. The molecule has 28 heavy (non-hydrogen) atoms. The van der Waals surface area contributed by atoms with E-state index in [9.17, 15) is 4.79 Å². The fourth-order valence-electron chi connectivity index (χ4n) is 3.92. The Morgan fingerprint density at radius 1 is 1.14 bits per heavy atom. The molecule has 4 nitrogen and oxygen atoms in total. The summed E-state index contributed by atoms with van der Waals surface area (Å²) >= 11 is 1.78. The smallest absolute Gasteiger partial charge is 0.263 e. The number of aryl methyl sites for hydroxylation is 2. The Hall–Kier alpha value is -2.40. The zero-order valence-corrected chi connectivity index (χ0v) is 17.5. The number of likely N-dealkylation sites (tertiary alicyclic amines) is 1. The number of hydrogen-bond acceptors (Lipinski definition) is 4. The standard InChI is InChI=1S/C23H26N2O2S/c1-15-12-16(2)14-19(13-15)27-17(3)23(26)25-10-8-18(9-11-25)22-24-20-6-4-5-7-21(20)28-22/h4-7,12-14,17-18H,8-11H2,1-3H3/t17-/m0/s1. The molecule has 0 saturated carbocycles. The van der Waals surface area contributed by atoms with Gasteiger partial charge in [-0.3, -0.25) is 4.79 Å². The van der Waals surface area contributed by atoms with Gasteiger partial charge >= 0.3 is 0 Å². The average Bonchev–Trinajstić information content (AvgIpc) is 3.11. The van der Waals surface area contributed by atoms with Crippen molar-refractivity contribution in [2.45, 2.75) is 45.6 Å². The quantitative estimate of drug-likeness (QED) is 0.619. The molecule has 0 bridgehead atoms. The minimum absolute atomic E-state index is 0.0712. The van der Waals surface area contributed by atoms with E-state index in [-0.39, 0.29) is 5.91 Å². The van der Waals surface area contributed by atoms with Crippen LogP contribution in [0.5, 0.6) is 5.75 Å². The number of carbonyl (C=O) groups excluding carboxylic acids is 1. The summed E-state index contributed by atoms with van der Waals surface area (Å²) in [7, 11) is 0. The molecular weight excluding hydrogens is 368 g/mol. The monoisotopic (exact) mass is 394 g/mol. The van der Waals surface area contributed by atoms with Crippen LogP contribution in [0.4, 0.5) is 0 Å². The molecule has 1 aliphatic rings. The van der Waals surface area contributed by atoms with Crippen molar-refractivity contribution in [3.63, 3.8) is 0 Å². The average molecular weight is 395 g/mol. The summed E-state index contributed by atoms with van der Waals surface area (Å²) in [5.41, 5.74) is 3.37. The van der Waals surface area contributed by atoms with Crippen molar-refractivity contribution in [3.8, 4) is 5.75 Å². The van der Waals surface area contributed by atoms with Crippen LogP contribution in [0.2, 0.25) is 0 Å². The lowest BCUT2D eigenvalue weighted by Gasteiger charge is -2.32. The second-order valence-corrected chi connectivity index (χ2v) is 8.77. The lowest BCUT2D eigenvalue weighted by Crippen LogP contribution is -2.44. The van der Waals surface area contributed by atoms with Crippen molar-refractivity contribution in [1.29, 1.82) is 0 Å². The molecule has 1 fully saturated rings. The van der Waals surface area contributed by atoms with Crippen molar-refractivity contribution in [2.75, 3.05) is 13.1 Å². The van der Waals surface area contributed by atoms with Gasteiger partial charge in [0.05, 0.1) is 15.2 Å². The molecule has 1 aliphatic heterocycles. The Morgan fingerprint density at radius 3 is 2.50 bits per heavy atom. The predicted molar refractivity (Wildman–Crippen MR) is 114 cm³/mol. The zero-order valence-electron chi connectivity index (χ0n) is 16.6. The first kappa shape index (κ1) is 18.9. The second kappa shape index (κ2) is 7.92. The van der Waals surface area contributed by atoms with Crippen LogP contribution in [0.1, 0.15) is 41.8 Å². The lowest BCUT2D eigenvalue weighted by atomic mass is 9.97. The highest BCUT2D eigenvalue weighted by Gasteiger charge is 2.29. The molecule has 0 N–H and O–H groups in total. The molecule has 0 aliphatic carbocycles. The number of aromatic nitrogens is 1. The van der Waals surface area contributed by atoms with Crippen LogP contribution in [0, 0.1) is 13.8 Å². The molecule has 0 radical (unpaired) electrons. The molecule has 1 amide bonds. The molecular formula is C23H26N2O2S. The molecule has 0 unspecified atom stereocenters. The minimum atomic E-state index is -0.472. The number of rotatable bonds is 4. The van der Waals surface area contributed by atoms with E-state index in [2.05, 4.69) is 24.3 Å². The summed E-state index contributed by atoms with van der Waals surface area (Å²) in [6.07, 6.45) is 1.45. The molecule has 0 spiro atoms. The third kappa shape index (κ3) is 4.04. The summed E-state index contributed by atoms with van der Waals surface area (Å²) in [6.45, 7) is 7.46. The van der Waals surface area contributed by atoms with Gasteiger partial charge in [-0.2, -0.15) is 0 Å². The highest BCUT2D eigenvalue weighted by Crippen LogP contribution is 2.34. The third-order valence-electron chi connectivity index (χ3n) is 5.32.